The van der Waals surface area contributed by atoms with Gasteiger partial charge in [0.1, 0.15) is 0 Å². The summed E-state index contributed by atoms with van der Waals surface area (Å²) in [5, 5.41) is 2.99. The van der Waals surface area contributed by atoms with Crippen molar-refractivity contribution >= 4 is 22.9 Å². The molecule has 0 aliphatic carbocycles. The minimum absolute atomic E-state index is 0.0847. The summed E-state index contributed by atoms with van der Waals surface area (Å²) in [7, 11) is 0. The highest BCUT2D eigenvalue weighted by Crippen LogP contribution is 2.26. The molecule has 0 fully saturated rings. The maximum atomic E-state index is 6.33. The van der Waals surface area contributed by atoms with E-state index in [2.05, 4.69) is 23.0 Å². The number of rotatable bonds is 3. The van der Waals surface area contributed by atoms with Crippen LogP contribution in [-0.2, 0) is 6.42 Å². The van der Waals surface area contributed by atoms with E-state index < -0.39 is 0 Å². The largest absolute Gasteiger partial charge is 0.261 e. The van der Waals surface area contributed by atoms with Crippen LogP contribution in [0.3, 0.4) is 0 Å². The fraction of sp³-hybridized carbons (Fsp3) is 0.333. The van der Waals surface area contributed by atoms with E-state index in [1.807, 2.05) is 18.4 Å². The minimum atomic E-state index is -0.0847. The van der Waals surface area contributed by atoms with Gasteiger partial charge in [-0.15, -0.1) is 22.9 Å². The zero-order valence-corrected chi connectivity index (χ0v) is 10.8. The van der Waals surface area contributed by atoms with Gasteiger partial charge in [0, 0.05) is 23.7 Å². The van der Waals surface area contributed by atoms with Gasteiger partial charge in [-0.2, -0.15) is 0 Å². The molecular formula is C12H13ClN2S. The van der Waals surface area contributed by atoms with Crippen molar-refractivity contribution < 1.29 is 0 Å². The molecule has 2 aromatic heterocycles. The SMILES string of the molecule is Cc1nc(C(Cl)Cc2ncccc2C)cs1. The fourth-order valence-corrected chi connectivity index (χ4v) is 2.53. The van der Waals surface area contributed by atoms with Crippen molar-refractivity contribution in [2.24, 2.45) is 0 Å². The molecule has 2 nitrogen and oxygen atoms in total. The van der Waals surface area contributed by atoms with Crippen molar-refractivity contribution in [3.05, 3.63) is 45.7 Å². The molecular weight excluding hydrogens is 240 g/mol. The van der Waals surface area contributed by atoms with Gasteiger partial charge < -0.3 is 0 Å². The first-order chi connectivity index (χ1) is 7.66. The van der Waals surface area contributed by atoms with Crippen LogP contribution in [0, 0.1) is 13.8 Å². The first-order valence-corrected chi connectivity index (χ1v) is 6.45. The van der Waals surface area contributed by atoms with E-state index in [1.54, 1.807) is 17.5 Å². The Balaban J connectivity index is 2.13. The zero-order valence-electron chi connectivity index (χ0n) is 9.27. The van der Waals surface area contributed by atoms with Gasteiger partial charge in [0.15, 0.2) is 0 Å². The fourth-order valence-electron chi connectivity index (χ4n) is 1.53. The normalized spacial score (nSPS) is 12.7. The molecule has 0 aliphatic rings. The maximum Gasteiger partial charge on any atom is 0.0897 e. The molecule has 0 amide bonds. The van der Waals surface area contributed by atoms with E-state index in [0.29, 0.717) is 0 Å². The van der Waals surface area contributed by atoms with Crippen LogP contribution in [-0.4, -0.2) is 9.97 Å². The third-order valence-electron chi connectivity index (χ3n) is 2.45. The summed E-state index contributed by atoms with van der Waals surface area (Å²) < 4.78 is 0. The standard InChI is InChI=1S/C12H13ClN2S/c1-8-4-3-5-14-11(8)6-10(13)12-7-16-9(2)15-12/h3-5,7,10H,6H2,1-2H3. The van der Waals surface area contributed by atoms with Gasteiger partial charge in [-0.3, -0.25) is 4.98 Å². The number of pyridine rings is 1. The van der Waals surface area contributed by atoms with Gasteiger partial charge in [0.05, 0.1) is 16.1 Å². The van der Waals surface area contributed by atoms with Crippen LogP contribution in [0.4, 0.5) is 0 Å². The number of alkyl halides is 1. The molecule has 4 heteroatoms. The molecule has 1 unspecified atom stereocenters. The van der Waals surface area contributed by atoms with Crippen LogP contribution in [0.1, 0.15) is 27.3 Å². The van der Waals surface area contributed by atoms with Crippen LogP contribution in [0.5, 0.6) is 0 Å². The van der Waals surface area contributed by atoms with Gasteiger partial charge in [-0.1, -0.05) is 6.07 Å². The van der Waals surface area contributed by atoms with E-state index >= 15 is 0 Å². The van der Waals surface area contributed by atoms with Crippen LogP contribution in [0.15, 0.2) is 23.7 Å². The smallest absolute Gasteiger partial charge is 0.0897 e. The molecule has 2 aromatic rings. The molecule has 16 heavy (non-hydrogen) atoms. The topological polar surface area (TPSA) is 25.8 Å². The molecule has 2 heterocycles. The van der Waals surface area contributed by atoms with Gasteiger partial charge in [0.25, 0.3) is 0 Å². The summed E-state index contributed by atoms with van der Waals surface area (Å²) in [6, 6.07) is 3.99. The third-order valence-corrected chi connectivity index (χ3v) is 3.62. The summed E-state index contributed by atoms with van der Waals surface area (Å²) in [5.74, 6) is 0. The van der Waals surface area contributed by atoms with Gasteiger partial charge in [-0.25, -0.2) is 4.98 Å². The summed E-state index contributed by atoms with van der Waals surface area (Å²) in [5.41, 5.74) is 3.18. The Labute approximate surface area is 104 Å². The molecule has 0 aliphatic heterocycles. The highest BCUT2D eigenvalue weighted by molar-refractivity contribution is 7.09. The maximum absolute atomic E-state index is 6.33. The minimum Gasteiger partial charge on any atom is -0.261 e. The second-order valence-corrected chi connectivity index (χ2v) is 5.32. The molecule has 0 aromatic carbocycles. The molecule has 0 radical (unpaired) electrons. The Hall–Kier alpha value is -0.930. The Kier molecular flexibility index (Phi) is 3.56. The second kappa shape index (κ2) is 4.93. The lowest BCUT2D eigenvalue weighted by Crippen LogP contribution is -2.00. The quantitative estimate of drug-likeness (QED) is 0.779. The first-order valence-electron chi connectivity index (χ1n) is 5.13. The number of hydrogen-bond acceptors (Lipinski definition) is 3. The van der Waals surface area contributed by atoms with E-state index in [1.165, 1.54) is 5.56 Å². The number of halogens is 1. The summed E-state index contributed by atoms with van der Waals surface area (Å²) in [4.78, 5) is 8.74. The lowest BCUT2D eigenvalue weighted by Gasteiger charge is -2.08. The van der Waals surface area contributed by atoms with Gasteiger partial charge in [-0.05, 0) is 25.5 Å². The van der Waals surface area contributed by atoms with E-state index in [4.69, 9.17) is 11.6 Å². The number of thiazole rings is 1. The van der Waals surface area contributed by atoms with E-state index in [-0.39, 0.29) is 5.38 Å². The van der Waals surface area contributed by atoms with E-state index in [9.17, 15) is 0 Å². The number of nitrogens with zero attached hydrogens (tertiary/aromatic N) is 2. The van der Waals surface area contributed by atoms with Crippen molar-refractivity contribution in [2.45, 2.75) is 25.6 Å². The average Bonchev–Trinajstić information content (AvgIpc) is 2.68. The van der Waals surface area contributed by atoms with Crippen molar-refractivity contribution in [3.63, 3.8) is 0 Å². The third kappa shape index (κ3) is 2.60. The second-order valence-electron chi connectivity index (χ2n) is 3.73. The lowest BCUT2D eigenvalue weighted by molar-refractivity contribution is 0.844. The van der Waals surface area contributed by atoms with E-state index in [0.717, 1.165) is 22.8 Å². The van der Waals surface area contributed by atoms with Gasteiger partial charge in [0.2, 0.25) is 0 Å². The Bertz CT molecular complexity index is 481. The number of aromatic nitrogens is 2. The number of hydrogen-bond donors (Lipinski definition) is 0. The Morgan fingerprint density at radius 2 is 2.25 bits per heavy atom. The molecule has 0 saturated heterocycles. The highest BCUT2D eigenvalue weighted by atomic mass is 35.5. The van der Waals surface area contributed by atoms with Crippen LogP contribution < -0.4 is 0 Å². The molecule has 1 atom stereocenters. The number of aryl methyl sites for hydroxylation is 2. The Morgan fingerprint density at radius 1 is 1.44 bits per heavy atom. The van der Waals surface area contributed by atoms with Crippen molar-refractivity contribution in [1.82, 2.24) is 9.97 Å². The first kappa shape index (κ1) is 11.6. The predicted molar refractivity (Wildman–Crippen MR) is 68.1 cm³/mol. The Morgan fingerprint density at radius 3 is 2.88 bits per heavy atom. The van der Waals surface area contributed by atoms with Crippen LogP contribution >= 0.6 is 22.9 Å². The monoisotopic (exact) mass is 252 g/mol. The van der Waals surface area contributed by atoms with Gasteiger partial charge >= 0.3 is 0 Å². The summed E-state index contributed by atoms with van der Waals surface area (Å²) in [6.07, 6.45) is 2.54. The zero-order chi connectivity index (χ0) is 11.5. The lowest BCUT2D eigenvalue weighted by atomic mass is 10.1. The van der Waals surface area contributed by atoms with Crippen molar-refractivity contribution in [3.8, 4) is 0 Å². The van der Waals surface area contributed by atoms with Crippen LogP contribution in [0.2, 0.25) is 0 Å². The molecule has 0 bridgehead atoms. The molecule has 0 spiro atoms. The summed E-state index contributed by atoms with van der Waals surface area (Å²) in [6.45, 7) is 4.04. The molecule has 0 N–H and O–H groups in total. The average molecular weight is 253 g/mol. The predicted octanol–water partition coefficient (Wildman–Crippen LogP) is 3.68. The highest BCUT2D eigenvalue weighted by Gasteiger charge is 2.13. The molecule has 0 saturated carbocycles. The van der Waals surface area contributed by atoms with Crippen molar-refractivity contribution in [1.29, 1.82) is 0 Å². The summed E-state index contributed by atoms with van der Waals surface area (Å²) >= 11 is 7.96. The molecule has 84 valence electrons. The van der Waals surface area contributed by atoms with Crippen molar-refractivity contribution in [2.75, 3.05) is 0 Å². The molecule has 2 rings (SSSR count). The van der Waals surface area contributed by atoms with Crippen LogP contribution in [0.25, 0.3) is 0 Å².